The fourth-order valence-electron chi connectivity index (χ4n) is 1.72. The molecule has 0 aromatic rings. The molecule has 10 heavy (non-hydrogen) atoms. The summed E-state index contributed by atoms with van der Waals surface area (Å²) < 4.78 is 0. The Morgan fingerprint density at radius 1 is 1.70 bits per heavy atom. The Labute approximate surface area is 62.6 Å². The summed E-state index contributed by atoms with van der Waals surface area (Å²) in [5, 5.41) is 13.0. The Hall–Kier alpha value is -0.0800. The van der Waals surface area contributed by atoms with Gasteiger partial charge in [0.1, 0.15) is 0 Å². The maximum Gasteiger partial charge on any atom is 0.0772 e. The van der Waals surface area contributed by atoms with Crippen molar-refractivity contribution in [1.29, 1.82) is 0 Å². The lowest BCUT2D eigenvalue weighted by atomic mass is 10.0. The van der Waals surface area contributed by atoms with E-state index in [-0.39, 0.29) is 0 Å². The Morgan fingerprint density at radius 3 is 2.80 bits per heavy atom. The molecule has 0 amide bonds. The van der Waals surface area contributed by atoms with Crippen LogP contribution in [0, 0.1) is 0 Å². The molecule has 1 fully saturated rings. The first-order valence-corrected chi connectivity index (χ1v) is 4.12. The van der Waals surface area contributed by atoms with E-state index in [0.717, 1.165) is 25.8 Å². The van der Waals surface area contributed by atoms with Crippen LogP contribution in [0.5, 0.6) is 0 Å². The highest BCUT2D eigenvalue weighted by Crippen LogP contribution is 2.28. The maximum absolute atomic E-state index is 9.72. The van der Waals surface area contributed by atoms with Crippen LogP contribution in [0.2, 0.25) is 0 Å². The lowest BCUT2D eigenvalue weighted by Gasteiger charge is -2.25. The average Bonchev–Trinajstić information content (AvgIpc) is 2.13. The van der Waals surface area contributed by atoms with E-state index < -0.39 is 5.60 Å². The van der Waals surface area contributed by atoms with E-state index in [2.05, 4.69) is 12.2 Å². The minimum Gasteiger partial charge on any atom is -0.389 e. The van der Waals surface area contributed by atoms with Gasteiger partial charge in [-0.3, -0.25) is 0 Å². The van der Waals surface area contributed by atoms with E-state index in [1.165, 1.54) is 0 Å². The molecule has 0 radical (unpaired) electrons. The zero-order valence-electron chi connectivity index (χ0n) is 6.85. The molecule has 0 aliphatic heterocycles. The van der Waals surface area contributed by atoms with Crippen molar-refractivity contribution in [3.63, 3.8) is 0 Å². The molecule has 1 aliphatic rings. The van der Waals surface area contributed by atoms with E-state index in [1.807, 2.05) is 6.92 Å². The number of rotatable bonds is 2. The summed E-state index contributed by atoms with van der Waals surface area (Å²) in [5.74, 6) is 0. The molecule has 1 rings (SSSR count). The molecular formula is C8H17NO. The van der Waals surface area contributed by atoms with Crippen molar-refractivity contribution in [1.82, 2.24) is 5.32 Å². The van der Waals surface area contributed by atoms with Gasteiger partial charge in [-0.25, -0.2) is 0 Å². The molecule has 60 valence electrons. The number of nitrogens with one attached hydrogen (secondary N) is 1. The smallest absolute Gasteiger partial charge is 0.0772 e. The summed E-state index contributed by atoms with van der Waals surface area (Å²) in [6.45, 7) is 4.96. The molecule has 0 bridgehead atoms. The van der Waals surface area contributed by atoms with Gasteiger partial charge in [-0.15, -0.1) is 0 Å². The summed E-state index contributed by atoms with van der Waals surface area (Å²) in [6.07, 6.45) is 3.23. The van der Waals surface area contributed by atoms with Crippen LogP contribution in [0.15, 0.2) is 0 Å². The first-order chi connectivity index (χ1) is 4.67. The average molecular weight is 143 g/mol. The van der Waals surface area contributed by atoms with Gasteiger partial charge in [-0.2, -0.15) is 0 Å². The lowest BCUT2D eigenvalue weighted by molar-refractivity contribution is 0.0400. The third-order valence-electron chi connectivity index (χ3n) is 2.38. The van der Waals surface area contributed by atoms with Crippen LogP contribution in [0.25, 0.3) is 0 Å². The zero-order chi connectivity index (χ0) is 7.61. The van der Waals surface area contributed by atoms with Gasteiger partial charge < -0.3 is 10.4 Å². The number of hydrogen-bond acceptors (Lipinski definition) is 2. The predicted molar refractivity (Wildman–Crippen MR) is 41.9 cm³/mol. The Morgan fingerprint density at radius 2 is 2.40 bits per heavy atom. The van der Waals surface area contributed by atoms with Gasteiger partial charge in [0.05, 0.1) is 5.60 Å². The van der Waals surface area contributed by atoms with Crippen LogP contribution >= 0.6 is 0 Å². The normalized spacial score (nSPS) is 40.5. The summed E-state index contributed by atoms with van der Waals surface area (Å²) in [7, 11) is 0. The van der Waals surface area contributed by atoms with E-state index in [1.54, 1.807) is 0 Å². The van der Waals surface area contributed by atoms with Crippen LogP contribution in [0.3, 0.4) is 0 Å². The van der Waals surface area contributed by atoms with Crippen molar-refractivity contribution in [3.05, 3.63) is 0 Å². The fraction of sp³-hybridized carbons (Fsp3) is 1.00. The largest absolute Gasteiger partial charge is 0.389 e. The molecule has 2 N–H and O–H groups in total. The molecule has 1 aliphatic carbocycles. The highest BCUT2D eigenvalue weighted by Gasteiger charge is 2.35. The molecule has 2 nitrogen and oxygen atoms in total. The summed E-state index contributed by atoms with van der Waals surface area (Å²) in [4.78, 5) is 0. The first-order valence-electron chi connectivity index (χ1n) is 4.12. The maximum atomic E-state index is 9.72. The molecule has 0 spiro atoms. The molecule has 1 saturated carbocycles. The van der Waals surface area contributed by atoms with Crippen molar-refractivity contribution < 1.29 is 5.11 Å². The fourth-order valence-corrected chi connectivity index (χ4v) is 1.72. The molecule has 2 atom stereocenters. The molecule has 2 heteroatoms. The quantitative estimate of drug-likeness (QED) is 0.602. The first kappa shape index (κ1) is 8.02. The number of likely N-dealkylation sites (N-methyl/N-ethyl adjacent to an activating group) is 1. The summed E-state index contributed by atoms with van der Waals surface area (Å²) in [5.41, 5.74) is -0.448. The van der Waals surface area contributed by atoms with Crippen molar-refractivity contribution in [3.8, 4) is 0 Å². The zero-order valence-corrected chi connectivity index (χ0v) is 6.85. The second kappa shape index (κ2) is 2.89. The minimum absolute atomic E-state index is 0.331. The van der Waals surface area contributed by atoms with Crippen LogP contribution in [-0.2, 0) is 0 Å². The van der Waals surface area contributed by atoms with Crippen molar-refractivity contribution in [2.24, 2.45) is 0 Å². The predicted octanol–water partition coefficient (Wildman–Crippen LogP) is 0.899. The Bertz CT molecular complexity index is 112. The molecule has 0 unspecified atom stereocenters. The third-order valence-corrected chi connectivity index (χ3v) is 2.38. The summed E-state index contributed by atoms with van der Waals surface area (Å²) >= 11 is 0. The second-order valence-corrected chi connectivity index (χ2v) is 3.36. The molecule has 0 aromatic heterocycles. The Kier molecular flexibility index (Phi) is 2.32. The van der Waals surface area contributed by atoms with Gasteiger partial charge in [-0.1, -0.05) is 6.92 Å². The lowest BCUT2D eigenvalue weighted by Crippen LogP contribution is -2.44. The van der Waals surface area contributed by atoms with E-state index in [9.17, 15) is 5.11 Å². The molecule has 0 aromatic carbocycles. The van der Waals surface area contributed by atoms with Crippen molar-refractivity contribution in [2.45, 2.75) is 44.8 Å². The third kappa shape index (κ3) is 1.50. The van der Waals surface area contributed by atoms with E-state index >= 15 is 0 Å². The van der Waals surface area contributed by atoms with Crippen LogP contribution in [0.4, 0.5) is 0 Å². The van der Waals surface area contributed by atoms with Gasteiger partial charge in [0, 0.05) is 6.04 Å². The topological polar surface area (TPSA) is 32.3 Å². The minimum atomic E-state index is -0.448. The van der Waals surface area contributed by atoms with Gasteiger partial charge in [0.15, 0.2) is 0 Å². The second-order valence-electron chi connectivity index (χ2n) is 3.36. The van der Waals surface area contributed by atoms with Gasteiger partial charge >= 0.3 is 0 Å². The van der Waals surface area contributed by atoms with Gasteiger partial charge in [0.25, 0.3) is 0 Å². The van der Waals surface area contributed by atoms with Crippen LogP contribution in [0.1, 0.15) is 33.1 Å². The standard InChI is InChI=1S/C8H17NO/c1-3-9-7-5-4-6-8(7,2)10/h7,9-10H,3-6H2,1-2H3/t7-,8-/m0/s1. The summed E-state index contributed by atoms with van der Waals surface area (Å²) in [6, 6.07) is 0.331. The molecule has 0 heterocycles. The molecular weight excluding hydrogens is 126 g/mol. The number of hydrogen-bond donors (Lipinski definition) is 2. The van der Waals surface area contributed by atoms with Crippen LogP contribution < -0.4 is 5.32 Å². The SMILES string of the molecule is CCN[C@H]1CCC[C@]1(C)O. The molecule has 0 saturated heterocycles. The van der Waals surface area contributed by atoms with Crippen molar-refractivity contribution >= 4 is 0 Å². The van der Waals surface area contributed by atoms with Gasteiger partial charge in [-0.05, 0) is 32.7 Å². The van der Waals surface area contributed by atoms with Crippen LogP contribution in [-0.4, -0.2) is 23.3 Å². The monoisotopic (exact) mass is 143 g/mol. The Balaban J connectivity index is 2.43. The highest BCUT2D eigenvalue weighted by molar-refractivity contribution is 4.93. The van der Waals surface area contributed by atoms with Crippen molar-refractivity contribution in [2.75, 3.05) is 6.54 Å². The highest BCUT2D eigenvalue weighted by atomic mass is 16.3. The van der Waals surface area contributed by atoms with E-state index in [4.69, 9.17) is 0 Å². The van der Waals surface area contributed by atoms with E-state index in [0.29, 0.717) is 6.04 Å². The number of aliphatic hydroxyl groups is 1. The van der Waals surface area contributed by atoms with Gasteiger partial charge in [0.2, 0.25) is 0 Å².